The highest BCUT2D eigenvalue weighted by Gasteiger charge is 2.14. The van der Waals surface area contributed by atoms with E-state index in [1.807, 2.05) is 6.07 Å². The van der Waals surface area contributed by atoms with Crippen LogP contribution in [0.2, 0.25) is 0 Å². The van der Waals surface area contributed by atoms with Crippen molar-refractivity contribution in [2.75, 3.05) is 6.54 Å². The van der Waals surface area contributed by atoms with Gasteiger partial charge < -0.3 is 9.73 Å². The molecule has 1 aromatic heterocycles. The molecular weight excluding hydrogens is 294 g/mol. The Bertz CT molecular complexity index is 745. The Labute approximate surface area is 144 Å². The quantitative estimate of drug-likeness (QED) is 0.477. The summed E-state index contributed by atoms with van der Waals surface area (Å²) >= 11 is 0. The summed E-state index contributed by atoms with van der Waals surface area (Å²) in [5, 5.41) is 4.75. The number of benzene rings is 2. The monoisotopic (exact) mass is 321 g/mol. The number of fused-ring (bicyclic) bond motifs is 1. The molecule has 0 amide bonds. The van der Waals surface area contributed by atoms with Gasteiger partial charge in [0.15, 0.2) is 0 Å². The maximum Gasteiger partial charge on any atom is 0.135 e. The van der Waals surface area contributed by atoms with E-state index < -0.39 is 0 Å². The molecule has 2 heteroatoms. The van der Waals surface area contributed by atoms with Gasteiger partial charge in [-0.2, -0.15) is 0 Å². The lowest BCUT2D eigenvalue weighted by Crippen LogP contribution is -2.14. The van der Waals surface area contributed by atoms with Gasteiger partial charge in [-0.1, -0.05) is 81.1 Å². The van der Waals surface area contributed by atoms with Gasteiger partial charge in [0.1, 0.15) is 11.3 Å². The van der Waals surface area contributed by atoms with E-state index in [-0.39, 0.29) is 0 Å². The van der Waals surface area contributed by atoms with Crippen molar-refractivity contribution in [3.05, 3.63) is 60.4 Å². The van der Waals surface area contributed by atoms with Crippen LogP contribution in [-0.2, 0) is 6.54 Å². The molecule has 0 aliphatic rings. The SMILES string of the molecule is CCCCCCCNCc1oc2ccccc2c1-c1ccccc1. The van der Waals surface area contributed by atoms with Gasteiger partial charge in [0.05, 0.1) is 6.54 Å². The van der Waals surface area contributed by atoms with Gasteiger partial charge in [0.25, 0.3) is 0 Å². The molecule has 0 aliphatic heterocycles. The molecule has 0 radical (unpaired) electrons. The second-order valence-electron chi connectivity index (χ2n) is 6.35. The first-order valence-electron chi connectivity index (χ1n) is 9.16. The van der Waals surface area contributed by atoms with Crippen LogP contribution in [0.5, 0.6) is 0 Å². The standard InChI is InChI=1S/C22H27NO/c1-2-3-4-5-11-16-23-17-21-22(18-12-7-6-8-13-18)19-14-9-10-15-20(19)24-21/h6-10,12-15,23H,2-5,11,16-17H2,1H3. The highest BCUT2D eigenvalue weighted by atomic mass is 16.3. The van der Waals surface area contributed by atoms with Crippen LogP contribution in [-0.4, -0.2) is 6.54 Å². The third-order valence-corrected chi connectivity index (χ3v) is 4.47. The predicted octanol–water partition coefficient (Wildman–Crippen LogP) is 6.16. The Hall–Kier alpha value is -2.06. The van der Waals surface area contributed by atoms with Crippen LogP contribution in [0.25, 0.3) is 22.1 Å². The minimum absolute atomic E-state index is 0.784. The molecule has 0 bridgehead atoms. The molecular formula is C22H27NO. The van der Waals surface area contributed by atoms with Gasteiger partial charge in [0.2, 0.25) is 0 Å². The minimum Gasteiger partial charge on any atom is -0.459 e. The summed E-state index contributed by atoms with van der Waals surface area (Å²) in [4.78, 5) is 0. The van der Waals surface area contributed by atoms with Crippen molar-refractivity contribution >= 4 is 11.0 Å². The Morgan fingerprint density at radius 2 is 1.58 bits per heavy atom. The van der Waals surface area contributed by atoms with Crippen molar-refractivity contribution in [1.82, 2.24) is 5.32 Å². The largest absolute Gasteiger partial charge is 0.459 e. The summed E-state index contributed by atoms with van der Waals surface area (Å²) in [6, 6.07) is 18.9. The Balaban J connectivity index is 1.71. The maximum absolute atomic E-state index is 6.14. The normalized spacial score (nSPS) is 11.2. The third kappa shape index (κ3) is 4.07. The molecule has 0 saturated carbocycles. The molecule has 0 fully saturated rings. The van der Waals surface area contributed by atoms with Crippen LogP contribution in [0.1, 0.15) is 44.8 Å². The molecule has 3 rings (SSSR count). The summed E-state index contributed by atoms with van der Waals surface area (Å²) in [7, 11) is 0. The van der Waals surface area contributed by atoms with Crippen LogP contribution < -0.4 is 5.32 Å². The summed E-state index contributed by atoms with van der Waals surface area (Å²) < 4.78 is 6.14. The summed E-state index contributed by atoms with van der Waals surface area (Å²) in [5.41, 5.74) is 3.42. The molecule has 0 spiro atoms. The smallest absolute Gasteiger partial charge is 0.135 e. The van der Waals surface area contributed by atoms with E-state index >= 15 is 0 Å². The molecule has 2 nitrogen and oxygen atoms in total. The summed E-state index contributed by atoms with van der Waals surface area (Å²) in [6.07, 6.45) is 6.54. The molecule has 0 saturated heterocycles. The first-order valence-corrected chi connectivity index (χ1v) is 9.16. The molecule has 0 aliphatic carbocycles. The second-order valence-corrected chi connectivity index (χ2v) is 6.35. The number of hydrogen-bond donors (Lipinski definition) is 1. The van der Waals surface area contributed by atoms with Gasteiger partial charge in [-0.3, -0.25) is 0 Å². The third-order valence-electron chi connectivity index (χ3n) is 4.47. The molecule has 1 N–H and O–H groups in total. The zero-order valence-corrected chi connectivity index (χ0v) is 14.6. The van der Waals surface area contributed by atoms with Crippen LogP contribution in [0.4, 0.5) is 0 Å². The van der Waals surface area contributed by atoms with Gasteiger partial charge in [-0.15, -0.1) is 0 Å². The topological polar surface area (TPSA) is 25.2 Å². The van der Waals surface area contributed by atoms with Gasteiger partial charge >= 0.3 is 0 Å². The number of furan rings is 1. The summed E-state index contributed by atoms with van der Waals surface area (Å²) in [6.45, 7) is 4.09. The fourth-order valence-corrected chi connectivity index (χ4v) is 3.20. The van der Waals surface area contributed by atoms with E-state index in [0.717, 1.165) is 24.4 Å². The zero-order valence-electron chi connectivity index (χ0n) is 14.6. The highest BCUT2D eigenvalue weighted by molar-refractivity contribution is 5.95. The lowest BCUT2D eigenvalue weighted by molar-refractivity contribution is 0.504. The fraction of sp³-hybridized carbons (Fsp3) is 0.364. The average molecular weight is 321 g/mol. The van der Waals surface area contributed by atoms with E-state index in [1.54, 1.807) is 0 Å². The van der Waals surface area contributed by atoms with Crippen molar-refractivity contribution in [1.29, 1.82) is 0 Å². The van der Waals surface area contributed by atoms with E-state index in [0.29, 0.717) is 0 Å². The van der Waals surface area contributed by atoms with E-state index in [4.69, 9.17) is 4.42 Å². The second kappa shape index (κ2) is 8.70. The number of hydrogen-bond acceptors (Lipinski definition) is 2. The molecule has 2 aromatic carbocycles. The zero-order chi connectivity index (χ0) is 16.6. The van der Waals surface area contributed by atoms with E-state index in [1.165, 1.54) is 48.6 Å². The van der Waals surface area contributed by atoms with Crippen molar-refractivity contribution in [2.24, 2.45) is 0 Å². The maximum atomic E-state index is 6.14. The minimum atomic E-state index is 0.784. The number of rotatable bonds is 9. The molecule has 1 heterocycles. The number of nitrogens with one attached hydrogen (secondary N) is 1. The number of unbranched alkanes of at least 4 members (excludes halogenated alkanes) is 4. The van der Waals surface area contributed by atoms with E-state index in [2.05, 4.69) is 60.8 Å². The molecule has 126 valence electrons. The van der Waals surface area contributed by atoms with Crippen LogP contribution >= 0.6 is 0 Å². The Kier molecular flexibility index (Phi) is 6.08. The first kappa shape index (κ1) is 16.8. The molecule has 0 unspecified atom stereocenters. The molecule has 0 atom stereocenters. The Morgan fingerprint density at radius 1 is 0.833 bits per heavy atom. The lowest BCUT2D eigenvalue weighted by atomic mass is 10.0. The van der Waals surface area contributed by atoms with Crippen molar-refractivity contribution in [2.45, 2.75) is 45.6 Å². The van der Waals surface area contributed by atoms with Gasteiger partial charge in [-0.05, 0) is 24.6 Å². The number of para-hydroxylation sites is 1. The molecule has 3 aromatic rings. The van der Waals surface area contributed by atoms with Crippen LogP contribution in [0.15, 0.2) is 59.0 Å². The molecule has 24 heavy (non-hydrogen) atoms. The van der Waals surface area contributed by atoms with Crippen molar-refractivity contribution < 1.29 is 4.42 Å². The van der Waals surface area contributed by atoms with Gasteiger partial charge in [0, 0.05) is 10.9 Å². The van der Waals surface area contributed by atoms with Gasteiger partial charge in [-0.25, -0.2) is 0 Å². The van der Waals surface area contributed by atoms with Crippen molar-refractivity contribution in [3.63, 3.8) is 0 Å². The first-order chi connectivity index (χ1) is 11.9. The summed E-state index contributed by atoms with van der Waals surface area (Å²) in [5.74, 6) is 1.04. The van der Waals surface area contributed by atoms with Crippen molar-refractivity contribution in [3.8, 4) is 11.1 Å². The average Bonchev–Trinajstić information content (AvgIpc) is 3.00. The van der Waals surface area contributed by atoms with E-state index in [9.17, 15) is 0 Å². The Morgan fingerprint density at radius 3 is 2.42 bits per heavy atom. The highest BCUT2D eigenvalue weighted by Crippen LogP contribution is 2.34. The van der Waals surface area contributed by atoms with Crippen LogP contribution in [0, 0.1) is 0 Å². The fourth-order valence-electron chi connectivity index (χ4n) is 3.20. The van der Waals surface area contributed by atoms with Crippen LogP contribution in [0.3, 0.4) is 0 Å². The lowest BCUT2D eigenvalue weighted by Gasteiger charge is -2.06. The predicted molar refractivity (Wildman–Crippen MR) is 102 cm³/mol.